The molecule has 0 N–H and O–H groups in total. The molecular weight excluding hydrogens is 154 g/mol. The van der Waals surface area contributed by atoms with Crippen molar-refractivity contribution in [3.63, 3.8) is 0 Å². The van der Waals surface area contributed by atoms with Crippen molar-refractivity contribution in [2.75, 3.05) is 19.6 Å². The van der Waals surface area contributed by atoms with Crippen LogP contribution in [0.4, 0.5) is 0 Å². The van der Waals surface area contributed by atoms with E-state index in [1.165, 1.54) is 0 Å². The van der Waals surface area contributed by atoms with Gasteiger partial charge in [0.25, 0.3) is 0 Å². The highest BCUT2D eigenvalue weighted by Gasteiger charge is 2.52. The summed E-state index contributed by atoms with van der Waals surface area (Å²) in [6.45, 7) is 1.97. The third-order valence-corrected chi connectivity index (χ3v) is 3.74. The number of quaternary nitrogens is 1. The molecule has 1 saturated carbocycles. The van der Waals surface area contributed by atoms with Gasteiger partial charge >= 0.3 is 0 Å². The first kappa shape index (κ1) is 7.04. The van der Waals surface area contributed by atoms with E-state index in [1.54, 1.807) is 0 Å². The highest BCUT2D eigenvalue weighted by atomic mass is 16.5. The van der Waals surface area contributed by atoms with E-state index in [1.807, 2.05) is 0 Å². The van der Waals surface area contributed by atoms with Crippen molar-refractivity contribution in [1.29, 1.82) is 0 Å². The Morgan fingerprint density at radius 1 is 1.17 bits per heavy atom. The molecule has 0 aromatic carbocycles. The molecule has 4 rings (SSSR count). The van der Waals surface area contributed by atoms with Gasteiger partial charge in [0.05, 0.1) is 31.5 Å². The second-order valence-electron chi connectivity index (χ2n) is 4.74. The molecule has 3 heteroatoms. The van der Waals surface area contributed by atoms with Gasteiger partial charge in [0, 0.05) is 5.92 Å². The molecule has 3 aliphatic heterocycles. The largest absolute Gasteiger partial charge is 0.633 e. The molecule has 0 spiro atoms. The van der Waals surface area contributed by atoms with E-state index in [0.29, 0.717) is 24.8 Å². The molecule has 4 bridgehead atoms. The van der Waals surface area contributed by atoms with Crippen LogP contribution in [0.5, 0.6) is 0 Å². The average Bonchev–Trinajstić information content (AvgIpc) is 1.96. The minimum atomic E-state index is -0.0499. The van der Waals surface area contributed by atoms with Gasteiger partial charge in [-0.15, -0.1) is 0 Å². The lowest BCUT2D eigenvalue weighted by Gasteiger charge is -2.59. The molecule has 4 fully saturated rings. The summed E-state index contributed by atoms with van der Waals surface area (Å²) in [5.74, 6) is 1.23. The summed E-state index contributed by atoms with van der Waals surface area (Å²) in [5.41, 5.74) is 0. The highest BCUT2D eigenvalue weighted by Crippen LogP contribution is 2.44. The standard InChI is InChI=1S/C9H13NO2/c11-9-7-1-6-2-8(9)5-10(12,3-6)4-7/h6-8H,1-5H2. The summed E-state index contributed by atoms with van der Waals surface area (Å²) < 4.78 is -0.0499. The first-order chi connectivity index (χ1) is 5.66. The van der Waals surface area contributed by atoms with Crippen LogP contribution in [0.1, 0.15) is 12.8 Å². The Morgan fingerprint density at radius 2 is 1.75 bits per heavy atom. The molecule has 0 amide bonds. The van der Waals surface area contributed by atoms with Gasteiger partial charge in [0.1, 0.15) is 5.78 Å². The van der Waals surface area contributed by atoms with E-state index < -0.39 is 0 Å². The number of ketones is 1. The van der Waals surface area contributed by atoms with E-state index in [0.717, 1.165) is 19.4 Å². The summed E-state index contributed by atoms with van der Waals surface area (Å²) in [6.07, 6.45) is 2.02. The molecule has 3 saturated heterocycles. The quantitative estimate of drug-likeness (QED) is 0.390. The fourth-order valence-corrected chi connectivity index (χ4v) is 3.44. The molecule has 66 valence electrons. The van der Waals surface area contributed by atoms with Crippen molar-refractivity contribution in [2.45, 2.75) is 12.8 Å². The molecule has 12 heavy (non-hydrogen) atoms. The van der Waals surface area contributed by atoms with Crippen molar-refractivity contribution in [2.24, 2.45) is 17.8 Å². The van der Waals surface area contributed by atoms with Crippen LogP contribution in [-0.4, -0.2) is 30.1 Å². The van der Waals surface area contributed by atoms with Gasteiger partial charge in [0.2, 0.25) is 0 Å². The van der Waals surface area contributed by atoms with Gasteiger partial charge in [-0.2, -0.15) is 0 Å². The number of nitrogens with zero attached hydrogens (tertiary/aromatic N) is 1. The van der Waals surface area contributed by atoms with E-state index in [9.17, 15) is 10.0 Å². The lowest BCUT2D eigenvalue weighted by Crippen LogP contribution is -2.66. The number of hydrogen-bond donors (Lipinski definition) is 0. The Balaban J connectivity index is 2.00. The zero-order chi connectivity index (χ0) is 8.34. The maximum absolute atomic E-state index is 11.9. The van der Waals surface area contributed by atoms with Crippen LogP contribution in [0, 0.1) is 23.0 Å². The molecule has 2 atom stereocenters. The second-order valence-corrected chi connectivity index (χ2v) is 4.74. The summed E-state index contributed by atoms with van der Waals surface area (Å²) >= 11 is 0. The lowest BCUT2D eigenvalue weighted by atomic mass is 9.67. The monoisotopic (exact) mass is 167 g/mol. The van der Waals surface area contributed by atoms with Crippen LogP contribution in [-0.2, 0) is 4.79 Å². The highest BCUT2D eigenvalue weighted by molar-refractivity contribution is 5.85. The van der Waals surface area contributed by atoms with Gasteiger partial charge < -0.3 is 9.85 Å². The van der Waals surface area contributed by atoms with E-state index >= 15 is 0 Å². The Hall–Kier alpha value is -0.410. The first-order valence-electron chi connectivity index (χ1n) is 4.77. The Kier molecular flexibility index (Phi) is 1.12. The fourth-order valence-electron chi connectivity index (χ4n) is 3.44. The Bertz CT molecular complexity index is 233. The van der Waals surface area contributed by atoms with Gasteiger partial charge in [-0.25, -0.2) is 0 Å². The number of carbonyl (C=O) groups is 1. The minimum absolute atomic E-state index is 0.0499. The number of carbonyl (C=O) groups excluding carboxylic acids is 1. The van der Waals surface area contributed by atoms with Gasteiger partial charge in [-0.3, -0.25) is 4.79 Å². The zero-order valence-corrected chi connectivity index (χ0v) is 7.03. The van der Waals surface area contributed by atoms with E-state index in [-0.39, 0.29) is 16.5 Å². The third kappa shape index (κ3) is 0.756. The summed E-state index contributed by atoms with van der Waals surface area (Å²) in [4.78, 5) is 11.6. The van der Waals surface area contributed by atoms with Gasteiger partial charge in [-0.1, -0.05) is 0 Å². The van der Waals surface area contributed by atoms with Crippen LogP contribution < -0.4 is 0 Å². The van der Waals surface area contributed by atoms with Gasteiger partial charge in [-0.05, 0) is 12.8 Å². The van der Waals surface area contributed by atoms with Crippen molar-refractivity contribution < 1.29 is 9.44 Å². The first-order valence-corrected chi connectivity index (χ1v) is 4.77. The second kappa shape index (κ2) is 1.91. The number of hydrogen-bond acceptors (Lipinski definition) is 2. The van der Waals surface area contributed by atoms with E-state index in [4.69, 9.17) is 0 Å². The molecule has 4 aliphatic rings. The number of Topliss-reactive ketones (excluding diaryl/α,β-unsaturated/α-hetero) is 1. The maximum atomic E-state index is 11.9. The third-order valence-electron chi connectivity index (χ3n) is 3.74. The smallest absolute Gasteiger partial charge is 0.150 e. The summed E-state index contributed by atoms with van der Waals surface area (Å²) in [7, 11) is 0. The minimum Gasteiger partial charge on any atom is -0.633 e. The molecule has 3 heterocycles. The molecule has 1 aliphatic carbocycles. The normalized spacial score (nSPS) is 56.4. The fraction of sp³-hybridized carbons (Fsp3) is 0.889. The molecule has 3 nitrogen and oxygen atoms in total. The van der Waals surface area contributed by atoms with Crippen LogP contribution in [0.2, 0.25) is 0 Å². The maximum Gasteiger partial charge on any atom is 0.150 e. The van der Waals surface area contributed by atoms with Crippen LogP contribution in [0.15, 0.2) is 0 Å². The Labute approximate surface area is 71.5 Å². The molecular formula is C9H13NO2. The van der Waals surface area contributed by atoms with E-state index in [2.05, 4.69) is 0 Å². The number of piperidine rings is 3. The zero-order valence-electron chi connectivity index (χ0n) is 7.03. The predicted molar refractivity (Wildman–Crippen MR) is 42.9 cm³/mol. The molecule has 0 radical (unpaired) electrons. The van der Waals surface area contributed by atoms with Crippen LogP contribution >= 0.6 is 0 Å². The molecule has 2 unspecified atom stereocenters. The van der Waals surface area contributed by atoms with Gasteiger partial charge in [0.15, 0.2) is 0 Å². The topological polar surface area (TPSA) is 40.1 Å². The Morgan fingerprint density at radius 3 is 2.25 bits per heavy atom. The van der Waals surface area contributed by atoms with Crippen molar-refractivity contribution in [1.82, 2.24) is 0 Å². The van der Waals surface area contributed by atoms with Crippen molar-refractivity contribution in [3.8, 4) is 0 Å². The SMILES string of the molecule is O=C1C2CC3CC1C[N+]([O-])(C3)C2. The number of rotatable bonds is 0. The van der Waals surface area contributed by atoms with Crippen molar-refractivity contribution >= 4 is 5.78 Å². The lowest BCUT2D eigenvalue weighted by molar-refractivity contribution is -0.904. The van der Waals surface area contributed by atoms with Crippen molar-refractivity contribution in [3.05, 3.63) is 5.21 Å². The summed E-state index contributed by atoms with van der Waals surface area (Å²) in [5, 5.41) is 11.9. The molecule has 0 aromatic heterocycles. The van der Waals surface area contributed by atoms with Crippen LogP contribution in [0.25, 0.3) is 0 Å². The summed E-state index contributed by atoms with van der Waals surface area (Å²) in [6, 6.07) is 0. The average molecular weight is 167 g/mol. The predicted octanol–water partition coefficient (Wildman–Crippen LogP) is 0.540. The molecule has 0 aromatic rings. The van der Waals surface area contributed by atoms with Crippen LogP contribution in [0.3, 0.4) is 0 Å². The number of hydroxylamine groups is 3.